The Labute approximate surface area is 285 Å². The van der Waals surface area contributed by atoms with Crippen molar-refractivity contribution in [2.24, 2.45) is 0 Å². The molecule has 0 bridgehead atoms. The number of benzene rings is 4. The fourth-order valence-corrected chi connectivity index (χ4v) is 7.65. The number of nitrogens with one attached hydrogen (secondary N) is 1. The summed E-state index contributed by atoms with van der Waals surface area (Å²) in [5.74, 6) is -1.89. The van der Waals surface area contributed by atoms with Crippen molar-refractivity contribution in [1.82, 2.24) is 10.2 Å². The molecule has 0 spiro atoms. The van der Waals surface area contributed by atoms with Gasteiger partial charge in [-0.05, 0) is 67.3 Å². The third-order valence-electron chi connectivity index (χ3n) is 8.34. The quantitative estimate of drug-likeness (QED) is 0.168. The van der Waals surface area contributed by atoms with E-state index in [1.165, 1.54) is 35.2 Å². The first kappa shape index (κ1) is 34.4. The normalized spacial score (nSPS) is 14.0. The van der Waals surface area contributed by atoms with Crippen molar-refractivity contribution in [3.63, 3.8) is 0 Å². The molecule has 4 aromatic rings. The Morgan fingerprint density at radius 3 is 2.23 bits per heavy atom. The average molecular weight is 697 g/mol. The number of nitrogens with zero attached hydrogens (tertiary/aromatic N) is 2. The number of anilines is 1. The van der Waals surface area contributed by atoms with Crippen molar-refractivity contribution < 1.29 is 22.4 Å². The topological polar surface area (TPSA) is 86.8 Å². The number of amides is 2. The Morgan fingerprint density at radius 2 is 1.57 bits per heavy atom. The predicted octanol–water partition coefficient (Wildman–Crippen LogP) is 7.34. The van der Waals surface area contributed by atoms with Crippen LogP contribution in [0.15, 0.2) is 102 Å². The second kappa shape index (κ2) is 15.3. The lowest BCUT2D eigenvalue weighted by atomic mass is 10.0. The molecule has 0 saturated heterocycles. The molecule has 1 fully saturated rings. The molecule has 0 heterocycles. The van der Waals surface area contributed by atoms with Gasteiger partial charge in [0.2, 0.25) is 11.8 Å². The molecule has 0 radical (unpaired) electrons. The standard InChI is InChI=1S/C36H36Cl2FN3O4S/c1-25-15-19-30(20-16-25)47(45,46)42(33-14-8-7-13-32(33)39)24-35(43)41(23-27-17-18-28(37)22-31(27)38)34(21-26-9-3-2-4-10-26)36(44)40-29-11-5-6-12-29/h2-4,7-10,13-20,22,29,34H,5-6,11-12,21,23-24H2,1H3,(H,40,44). The predicted molar refractivity (Wildman–Crippen MR) is 183 cm³/mol. The van der Waals surface area contributed by atoms with E-state index in [2.05, 4.69) is 5.32 Å². The SMILES string of the molecule is Cc1ccc(S(=O)(=O)N(CC(=O)N(Cc2ccc(Cl)cc2Cl)C(Cc2ccccc2)C(=O)NC2CCCC2)c2ccccc2F)cc1. The van der Waals surface area contributed by atoms with Crippen LogP contribution in [0.1, 0.15) is 42.4 Å². The third kappa shape index (κ3) is 8.52. The Balaban J connectivity index is 1.59. The van der Waals surface area contributed by atoms with Crippen molar-refractivity contribution in [1.29, 1.82) is 0 Å². The van der Waals surface area contributed by atoms with E-state index in [4.69, 9.17) is 23.2 Å². The van der Waals surface area contributed by atoms with Crippen molar-refractivity contribution >= 4 is 50.7 Å². The maximum absolute atomic E-state index is 15.3. The monoisotopic (exact) mass is 695 g/mol. The third-order valence-corrected chi connectivity index (χ3v) is 10.7. The van der Waals surface area contributed by atoms with E-state index < -0.39 is 34.3 Å². The van der Waals surface area contributed by atoms with E-state index in [0.29, 0.717) is 10.6 Å². The maximum atomic E-state index is 15.3. The van der Waals surface area contributed by atoms with Gasteiger partial charge in [-0.1, -0.05) is 102 Å². The van der Waals surface area contributed by atoms with E-state index >= 15 is 4.39 Å². The lowest BCUT2D eigenvalue weighted by Gasteiger charge is -2.34. The van der Waals surface area contributed by atoms with E-state index in [0.717, 1.165) is 47.2 Å². The van der Waals surface area contributed by atoms with Gasteiger partial charge in [-0.3, -0.25) is 13.9 Å². The molecule has 4 aromatic carbocycles. The van der Waals surface area contributed by atoms with Crippen LogP contribution in [0.5, 0.6) is 0 Å². The second-order valence-electron chi connectivity index (χ2n) is 11.7. The first-order valence-electron chi connectivity index (χ1n) is 15.4. The molecule has 1 saturated carbocycles. The van der Waals surface area contributed by atoms with Gasteiger partial charge < -0.3 is 10.2 Å². The number of hydrogen-bond acceptors (Lipinski definition) is 4. The Hall–Kier alpha value is -3.92. The number of sulfonamides is 1. The molecule has 5 rings (SSSR count). The van der Waals surface area contributed by atoms with Crippen LogP contribution in [0.25, 0.3) is 0 Å². The van der Waals surface area contributed by atoms with Crippen LogP contribution in [0.2, 0.25) is 10.0 Å². The zero-order valence-electron chi connectivity index (χ0n) is 25.9. The van der Waals surface area contributed by atoms with Crippen molar-refractivity contribution in [2.75, 3.05) is 10.8 Å². The van der Waals surface area contributed by atoms with E-state index in [-0.39, 0.29) is 40.5 Å². The van der Waals surface area contributed by atoms with Gasteiger partial charge in [-0.25, -0.2) is 12.8 Å². The van der Waals surface area contributed by atoms with Gasteiger partial charge in [-0.15, -0.1) is 0 Å². The largest absolute Gasteiger partial charge is 0.352 e. The van der Waals surface area contributed by atoms with Gasteiger partial charge >= 0.3 is 0 Å². The van der Waals surface area contributed by atoms with Gasteiger partial charge in [0.25, 0.3) is 10.0 Å². The molecule has 2 amide bonds. The van der Waals surface area contributed by atoms with E-state index in [1.807, 2.05) is 37.3 Å². The molecule has 246 valence electrons. The fraction of sp³-hybridized carbons (Fsp3) is 0.278. The highest BCUT2D eigenvalue weighted by atomic mass is 35.5. The summed E-state index contributed by atoms with van der Waals surface area (Å²) in [4.78, 5) is 29.9. The summed E-state index contributed by atoms with van der Waals surface area (Å²) in [6.45, 7) is 0.919. The number of rotatable bonds is 12. The molecule has 11 heteroatoms. The van der Waals surface area contributed by atoms with Gasteiger partial charge in [0.1, 0.15) is 18.4 Å². The minimum absolute atomic E-state index is 0.0336. The lowest BCUT2D eigenvalue weighted by Crippen LogP contribution is -2.54. The number of halogens is 3. The number of carbonyl (C=O) groups is 2. The van der Waals surface area contributed by atoms with Crippen LogP contribution >= 0.6 is 23.2 Å². The van der Waals surface area contributed by atoms with Crippen LogP contribution in [-0.4, -0.2) is 43.8 Å². The summed E-state index contributed by atoms with van der Waals surface area (Å²) in [6.07, 6.45) is 3.80. The molecule has 1 aliphatic carbocycles. The van der Waals surface area contributed by atoms with Crippen molar-refractivity contribution in [2.45, 2.75) is 62.6 Å². The number of aryl methyl sites for hydroxylation is 1. The van der Waals surface area contributed by atoms with Crippen molar-refractivity contribution in [3.05, 3.63) is 130 Å². The minimum atomic E-state index is -4.43. The molecule has 1 aliphatic rings. The summed E-state index contributed by atoms with van der Waals surface area (Å²) < 4.78 is 44.3. The molecule has 0 aliphatic heterocycles. The van der Waals surface area contributed by atoms with Crippen molar-refractivity contribution in [3.8, 4) is 0 Å². The Bertz CT molecular complexity index is 1820. The number of para-hydroxylation sites is 1. The van der Waals surface area contributed by atoms with Crippen LogP contribution in [0.3, 0.4) is 0 Å². The highest BCUT2D eigenvalue weighted by Crippen LogP contribution is 2.29. The van der Waals surface area contributed by atoms with Gasteiger partial charge in [-0.2, -0.15) is 0 Å². The zero-order chi connectivity index (χ0) is 33.6. The zero-order valence-corrected chi connectivity index (χ0v) is 28.2. The lowest BCUT2D eigenvalue weighted by molar-refractivity contribution is -0.140. The van der Waals surface area contributed by atoms with Crippen LogP contribution in [0, 0.1) is 12.7 Å². The average Bonchev–Trinajstić information content (AvgIpc) is 3.56. The molecular formula is C36H36Cl2FN3O4S. The summed E-state index contributed by atoms with van der Waals surface area (Å²) in [5, 5.41) is 3.80. The molecule has 7 nitrogen and oxygen atoms in total. The summed E-state index contributed by atoms with van der Waals surface area (Å²) in [6, 6.07) is 24.5. The van der Waals surface area contributed by atoms with Gasteiger partial charge in [0.05, 0.1) is 10.6 Å². The van der Waals surface area contributed by atoms with E-state index in [9.17, 15) is 18.0 Å². The molecule has 1 unspecified atom stereocenters. The van der Waals surface area contributed by atoms with E-state index in [1.54, 1.807) is 30.3 Å². The highest BCUT2D eigenvalue weighted by molar-refractivity contribution is 7.92. The minimum Gasteiger partial charge on any atom is -0.352 e. The molecule has 47 heavy (non-hydrogen) atoms. The van der Waals surface area contributed by atoms with Crippen LogP contribution < -0.4 is 9.62 Å². The Kier molecular flexibility index (Phi) is 11.2. The summed E-state index contributed by atoms with van der Waals surface area (Å²) in [7, 11) is -4.43. The number of carbonyl (C=O) groups excluding carboxylic acids is 2. The van der Waals surface area contributed by atoms with Crippen LogP contribution in [-0.2, 0) is 32.6 Å². The molecule has 1 atom stereocenters. The van der Waals surface area contributed by atoms with Gasteiger partial charge in [0, 0.05) is 29.1 Å². The molecular weight excluding hydrogens is 660 g/mol. The first-order valence-corrected chi connectivity index (χ1v) is 17.6. The van der Waals surface area contributed by atoms with Crippen LogP contribution in [0.4, 0.5) is 10.1 Å². The fourth-order valence-electron chi connectivity index (χ4n) is 5.76. The smallest absolute Gasteiger partial charge is 0.264 e. The Morgan fingerprint density at radius 1 is 0.915 bits per heavy atom. The molecule has 1 N–H and O–H groups in total. The maximum Gasteiger partial charge on any atom is 0.264 e. The number of hydrogen-bond donors (Lipinski definition) is 1. The summed E-state index contributed by atoms with van der Waals surface area (Å²) in [5.41, 5.74) is 1.86. The summed E-state index contributed by atoms with van der Waals surface area (Å²) >= 11 is 12.7. The first-order chi connectivity index (χ1) is 22.5. The molecule has 0 aromatic heterocycles. The van der Waals surface area contributed by atoms with Gasteiger partial charge in [0.15, 0.2) is 0 Å². The highest BCUT2D eigenvalue weighted by Gasteiger charge is 2.36. The second-order valence-corrected chi connectivity index (χ2v) is 14.4.